The molecule has 1 aromatic heterocycles. The first kappa shape index (κ1) is 21.2. The summed E-state index contributed by atoms with van der Waals surface area (Å²) in [5.41, 5.74) is 4.98. The minimum Gasteiger partial charge on any atom is -0.478 e. The predicted molar refractivity (Wildman–Crippen MR) is 117 cm³/mol. The Morgan fingerprint density at radius 2 is 1.40 bits per heavy atom. The number of carbonyl (C=O) groups is 2. The van der Waals surface area contributed by atoms with Gasteiger partial charge in [-0.2, -0.15) is 0 Å². The Balaban J connectivity index is 1.81. The molecule has 0 atom stereocenters. The van der Waals surface area contributed by atoms with Crippen molar-refractivity contribution >= 4 is 11.9 Å². The molecule has 0 aliphatic heterocycles. The van der Waals surface area contributed by atoms with E-state index in [1.54, 1.807) is 4.90 Å². The molecule has 154 valence electrons. The second-order valence-electron chi connectivity index (χ2n) is 7.38. The Labute approximate surface area is 177 Å². The number of nitrogens with zero attached hydrogens (tertiary/aromatic N) is 2. The van der Waals surface area contributed by atoms with E-state index in [-0.39, 0.29) is 17.2 Å². The molecule has 0 unspecified atom stereocenters. The standard InChI is InChI=1S/C25H26N2O3/c1-18-7-3-5-9-20(18)12-15-27(16-13-21-10-6-4-8-19(21)2)24(28)23-17-22(25(29)30)11-14-26-23/h3-11,14,17H,12-13,15-16H2,1-2H3,(H,29,30). The van der Waals surface area contributed by atoms with Gasteiger partial charge in [0.25, 0.3) is 5.91 Å². The van der Waals surface area contributed by atoms with Crippen molar-refractivity contribution in [3.63, 3.8) is 0 Å². The average molecular weight is 402 g/mol. The molecule has 0 aliphatic carbocycles. The van der Waals surface area contributed by atoms with Crippen molar-refractivity contribution in [2.45, 2.75) is 26.7 Å². The van der Waals surface area contributed by atoms with Crippen LogP contribution in [-0.2, 0) is 12.8 Å². The van der Waals surface area contributed by atoms with Crippen molar-refractivity contribution in [1.29, 1.82) is 0 Å². The lowest BCUT2D eigenvalue weighted by Gasteiger charge is -2.23. The smallest absolute Gasteiger partial charge is 0.335 e. The van der Waals surface area contributed by atoms with Crippen LogP contribution in [0.1, 0.15) is 43.1 Å². The summed E-state index contributed by atoms with van der Waals surface area (Å²) in [5.74, 6) is -1.32. The molecular formula is C25H26N2O3. The Morgan fingerprint density at radius 3 is 1.90 bits per heavy atom. The number of carboxylic acids is 1. The average Bonchev–Trinajstić information content (AvgIpc) is 2.75. The number of benzene rings is 2. The van der Waals surface area contributed by atoms with Gasteiger partial charge in [-0.1, -0.05) is 48.5 Å². The van der Waals surface area contributed by atoms with Crippen LogP contribution >= 0.6 is 0 Å². The third kappa shape index (κ3) is 5.32. The van der Waals surface area contributed by atoms with Gasteiger partial charge >= 0.3 is 5.97 Å². The molecule has 3 aromatic rings. The number of hydrogen-bond donors (Lipinski definition) is 1. The molecule has 0 bridgehead atoms. The Kier molecular flexibility index (Phi) is 6.96. The summed E-state index contributed by atoms with van der Waals surface area (Å²) in [6.07, 6.45) is 2.83. The minimum absolute atomic E-state index is 0.0612. The van der Waals surface area contributed by atoms with Gasteiger partial charge in [0.2, 0.25) is 0 Å². The van der Waals surface area contributed by atoms with Crippen molar-refractivity contribution in [3.8, 4) is 0 Å². The summed E-state index contributed by atoms with van der Waals surface area (Å²) in [4.78, 5) is 30.4. The van der Waals surface area contributed by atoms with E-state index in [0.29, 0.717) is 13.1 Å². The number of amides is 1. The molecule has 1 heterocycles. The van der Waals surface area contributed by atoms with Gasteiger partial charge in [-0.05, 0) is 61.1 Å². The highest BCUT2D eigenvalue weighted by Crippen LogP contribution is 2.13. The number of carbonyl (C=O) groups excluding carboxylic acids is 1. The highest BCUT2D eigenvalue weighted by atomic mass is 16.4. The quantitative estimate of drug-likeness (QED) is 0.609. The molecule has 0 spiro atoms. The van der Waals surface area contributed by atoms with Crippen molar-refractivity contribution in [3.05, 3.63) is 100 Å². The Morgan fingerprint density at radius 1 is 0.867 bits per heavy atom. The van der Waals surface area contributed by atoms with Crippen LogP contribution in [0.5, 0.6) is 0 Å². The summed E-state index contributed by atoms with van der Waals surface area (Å²) in [6, 6.07) is 19.0. The number of hydrogen-bond acceptors (Lipinski definition) is 3. The highest BCUT2D eigenvalue weighted by Gasteiger charge is 2.19. The van der Waals surface area contributed by atoms with Crippen LogP contribution in [0, 0.1) is 13.8 Å². The number of rotatable bonds is 8. The molecule has 1 amide bonds. The molecule has 5 heteroatoms. The lowest BCUT2D eigenvalue weighted by Crippen LogP contribution is -2.35. The third-order valence-corrected chi connectivity index (χ3v) is 5.34. The van der Waals surface area contributed by atoms with Crippen LogP contribution in [0.2, 0.25) is 0 Å². The predicted octanol–water partition coefficient (Wildman–Crippen LogP) is 4.32. The van der Waals surface area contributed by atoms with Crippen LogP contribution in [0.4, 0.5) is 0 Å². The van der Waals surface area contributed by atoms with Gasteiger partial charge in [0.1, 0.15) is 5.69 Å². The number of aromatic carboxylic acids is 1. The number of aryl methyl sites for hydroxylation is 2. The number of pyridine rings is 1. The largest absolute Gasteiger partial charge is 0.478 e. The second-order valence-corrected chi connectivity index (χ2v) is 7.38. The number of carboxylic acid groups (broad SMARTS) is 1. The summed E-state index contributed by atoms with van der Waals surface area (Å²) in [5, 5.41) is 9.24. The zero-order valence-corrected chi connectivity index (χ0v) is 17.3. The fraction of sp³-hybridized carbons (Fsp3) is 0.240. The molecule has 3 rings (SSSR count). The summed E-state index contributed by atoms with van der Waals surface area (Å²) in [6.45, 7) is 5.20. The number of aromatic nitrogens is 1. The zero-order chi connectivity index (χ0) is 21.5. The lowest BCUT2D eigenvalue weighted by molar-refractivity contribution is 0.0696. The van der Waals surface area contributed by atoms with Gasteiger partial charge in [0.05, 0.1) is 5.56 Å². The monoisotopic (exact) mass is 402 g/mol. The van der Waals surface area contributed by atoms with E-state index in [0.717, 1.165) is 12.8 Å². The summed E-state index contributed by atoms with van der Waals surface area (Å²) in [7, 11) is 0. The molecule has 0 aliphatic rings. The maximum absolute atomic E-state index is 13.2. The molecule has 0 fully saturated rings. The molecule has 30 heavy (non-hydrogen) atoms. The van der Waals surface area contributed by atoms with Gasteiger partial charge < -0.3 is 10.0 Å². The molecule has 5 nitrogen and oxygen atoms in total. The van der Waals surface area contributed by atoms with Crippen molar-refractivity contribution < 1.29 is 14.7 Å². The fourth-order valence-electron chi connectivity index (χ4n) is 3.45. The van der Waals surface area contributed by atoms with Gasteiger partial charge in [-0.15, -0.1) is 0 Å². The molecular weight excluding hydrogens is 376 g/mol. The molecule has 0 saturated heterocycles. The van der Waals surface area contributed by atoms with Crippen LogP contribution in [0.15, 0.2) is 66.9 Å². The van der Waals surface area contributed by atoms with E-state index in [1.807, 2.05) is 24.3 Å². The van der Waals surface area contributed by atoms with E-state index in [9.17, 15) is 14.7 Å². The van der Waals surface area contributed by atoms with Crippen LogP contribution in [-0.4, -0.2) is 40.0 Å². The van der Waals surface area contributed by atoms with E-state index >= 15 is 0 Å². The van der Waals surface area contributed by atoms with Crippen LogP contribution in [0.3, 0.4) is 0 Å². The molecule has 0 saturated carbocycles. The molecule has 1 N–H and O–H groups in total. The van der Waals surface area contributed by atoms with Gasteiger partial charge in [-0.3, -0.25) is 9.78 Å². The highest BCUT2D eigenvalue weighted by molar-refractivity contribution is 5.95. The fourth-order valence-corrected chi connectivity index (χ4v) is 3.45. The van der Waals surface area contributed by atoms with Crippen molar-refractivity contribution in [1.82, 2.24) is 9.88 Å². The topological polar surface area (TPSA) is 70.5 Å². The summed E-state index contributed by atoms with van der Waals surface area (Å²) < 4.78 is 0. The Hall–Kier alpha value is -3.47. The van der Waals surface area contributed by atoms with Crippen LogP contribution in [0.25, 0.3) is 0 Å². The van der Waals surface area contributed by atoms with E-state index in [1.165, 1.54) is 40.6 Å². The van der Waals surface area contributed by atoms with Gasteiger partial charge in [0.15, 0.2) is 0 Å². The minimum atomic E-state index is -1.07. The normalized spacial score (nSPS) is 10.6. The van der Waals surface area contributed by atoms with Gasteiger partial charge in [0, 0.05) is 19.3 Å². The zero-order valence-electron chi connectivity index (χ0n) is 17.3. The lowest BCUT2D eigenvalue weighted by atomic mass is 10.0. The van der Waals surface area contributed by atoms with Crippen molar-refractivity contribution in [2.24, 2.45) is 0 Å². The second kappa shape index (κ2) is 9.83. The maximum atomic E-state index is 13.2. The first-order valence-corrected chi connectivity index (χ1v) is 10.0. The third-order valence-electron chi connectivity index (χ3n) is 5.34. The van der Waals surface area contributed by atoms with E-state index in [2.05, 4.69) is 43.1 Å². The van der Waals surface area contributed by atoms with Gasteiger partial charge in [-0.25, -0.2) is 4.79 Å². The first-order valence-electron chi connectivity index (χ1n) is 10.0. The first-order chi connectivity index (χ1) is 14.5. The summed E-state index contributed by atoms with van der Waals surface area (Å²) >= 11 is 0. The molecule has 0 radical (unpaired) electrons. The van der Waals surface area contributed by atoms with Crippen molar-refractivity contribution in [2.75, 3.05) is 13.1 Å². The molecule has 2 aromatic carbocycles. The SMILES string of the molecule is Cc1ccccc1CCN(CCc1ccccc1C)C(=O)c1cc(C(=O)O)ccn1. The van der Waals surface area contributed by atoms with E-state index < -0.39 is 5.97 Å². The van der Waals surface area contributed by atoms with E-state index in [4.69, 9.17) is 0 Å². The van der Waals surface area contributed by atoms with Crippen LogP contribution < -0.4 is 0 Å². The maximum Gasteiger partial charge on any atom is 0.335 e. The Bertz CT molecular complexity index is 996.